The molecule has 0 aromatic carbocycles. The summed E-state index contributed by atoms with van der Waals surface area (Å²) in [5, 5.41) is 0. The van der Waals surface area contributed by atoms with Crippen LogP contribution in [0.4, 0.5) is 0 Å². The van der Waals surface area contributed by atoms with Crippen LogP contribution in [0.15, 0.2) is 12.4 Å². The van der Waals surface area contributed by atoms with Gasteiger partial charge in [0.15, 0.2) is 0 Å². The molecule has 5 heteroatoms. The highest BCUT2D eigenvalue weighted by Gasteiger charge is 2.21. The Morgan fingerprint density at radius 2 is 2.47 bits per heavy atom. The van der Waals surface area contributed by atoms with Crippen molar-refractivity contribution in [2.75, 3.05) is 19.6 Å². The summed E-state index contributed by atoms with van der Waals surface area (Å²) in [4.78, 5) is 7.46. The van der Waals surface area contributed by atoms with Gasteiger partial charge in [-0.15, -0.1) is 0 Å². The summed E-state index contributed by atoms with van der Waals surface area (Å²) < 4.78 is 2.08. The smallest absolute Gasteiger partial charge is 0.109 e. The van der Waals surface area contributed by atoms with Crippen molar-refractivity contribution in [2.45, 2.75) is 19.3 Å². The van der Waals surface area contributed by atoms with Gasteiger partial charge in [0.2, 0.25) is 0 Å². The molecule has 94 valence electrons. The molecular weight excluding hydrogens is 232 g/mol. The van der Waals surface area contributed by atoms with Gasteiger partial charge in [0.05, 0.1) is 4.99 Å². The van der Waals surface area contributed by atoms with Crippen LogP contribution in [0.1, 0.15) is 18.7 Å². The summed E-state index contributed by atoms with van der Waals surface area (Å²) >= 11 is 5.09. The van der Waals surface area contributed by atoms with Gasteiger partial charge in [0.25, 0.3) is 0 Å². The van der Waals surface area contributed by atoms with Crippen molar-refractivity contribution in [2.24, 2.45) is 18.7 Å². The standard InChI is InChI=1S/C12H20N4S/c1-15-8-5-14-11(15)4-7-16-6-2-3-10(9-16)12(13)17/h5,8,10H,2-4,6-7,9H2,1H3,(H2,13,17). The highest BCUT2D eigenvalue weighted by Crippen LogP contribution is 2.16. The number of hydrogen-bond acceptors (Lipinski definition) is 3. The Balaban J connectivity index is 1.83. The molecule has 1 aliphatic rings. The van der Waals surface area contributed by atoms with Gasteiger partial charge in [-0.3, -0.25) is 0 Å². The summed E-state index contributed by atoms with van der Waals surface area (Å²) in [7, 11) is 2.04. The molecule has 1 aromatic heterocycles. The molecule has 2 N–H and O–H groups in total. The van der Waals surface area contributed by atoms with Gasteiger partial charge in [-0.05, 0) is 19.4 Å². The zero-order chi connectivity index (χ0) is 12.3. The second kappa shape index (κ2) is 5.60. The lowest BCUT2D eigenvalue weighted by molar-refractivity contribution is 0.205. The second-order valence-electron chi connectivity index (χ2n) is 4.75. The molecule has 1 aliphatic heterocycles. The summed E-state index contributed by atoms with van der Waals surface area (Å²) in [5.41, 5.74) is 5.73. The minimum atomic E-state index is 0.403. The van der Waals surface area contributed by atoms with E-state index in [1.54, 1.807) is 0 Å². The van der Waals surface area contributed by atoms with E-state index >= 15 is 0 Å². The van der Waals surface area contributed by atoms with Gasteiger partial charge in [-0.25, -0.2) is 4.98 Å². The topological polar surface area (TPSA) is 47.1 Å². The van der Waals surface area contributed by atoms with E-state index in [9.17, 15) is 0 Å². The van der Waals surface area contributed by atoms with Crippen LogP contribution in [-0.2, 0) is 13.5 Å². The van der Waals surface area contributed by atoms with Crippen molar-refractivity contribution in [1.29, 1.82) is 0 Å². The van der Waals surface area contributed by atoms with E-state index in [2.05, 4.69) is 14.5 Å². The number of hydrogen-bond donors (Lipinski definition) is 1. The molecule has 0 radical (unpaired) electrons. The number of thiocarbonyl (C=S) groups is 1. The lowest BCUT2D eigenvalue weighted by Crippen LogP contribution is -2.41. The maximum Gasteiger partial charge on any atom is 0.109 e. The molecular formula is C12H20N4S. The van der Waals surface area contributed by atoms with Gasteiger partial charge < -0.3 is 15.2 Å². The molecule has 17 heavy (non-hydrogen) atoms. The fourth-order valence-corrected chi connectivity index (χ4v) is 2.58. The van der Waals surface area contributed by atoms with E-state index in [1.165, 1.54) is 6.42 Å². The number of piperidine rings is 1. The van der Waals surface area contributed by atoms with Crippen molar-refractivity contribution in [3.63, 3.8) is 0 Å². The van der Waals surface area contributed by atoms with Crippen LogP contribution in [0.2, 0.25) is 0 Å². The fourth-order valence-electron chi connectivity index (χ4n) is 2.39. The lowest BCUT2D eigenvalue weighted by atomic mass is 9.98. The number of imidazole rings is 1. The van der Waals surface area contributed by atoms with Crippen molar-refractivity contribution in [3.8, 4) is 0 Å². The van der Waals surface area contributed by atoms with Gasteiger partial charge in [0, 0.05) is 44.9 Å². The van der Waals surface area contributed by atoms with Gasteiger partial charge in [-0.1, -0.05) is 12.2 Å². The largest absolute Gasteiger partial charge is 0.393 e. The summed E-state index contributed by atoms with van der Waals surface area (Å²) in [6.45, 7) is 3.22. The van der Waals surface area contributed by atoms with E-state index in [0.717, 1.165) is 38.3 Å². The number of nitrogens with two attached hydrogens (primary N) is 1. The van der Waals surface area contributed by atoms with Crippen LogP contribution in [0.5, 0.6) is 0 Å². The van der Waals surface area contributed by atoms with Crippen LogP contribution >= 0.6 is 12.2 Å². The molecule has 1 aromatic rings. The van der Waals surface area contributed by atoms with E-state index in [-0.39, 0.29) is 0 Å². The Morgan fingerprint density at radius 1 is 1.65 bits per heavy atom. The number of nitrogens with zero attached hydrogens (tertiary/aromatic N) is 3. The van der Waals surface area contributed by atoms with Gasteiger partial charge in [0.1, 0.15) is 5.82 Å². The quantitative estimate of drug-likeness (QED) is 0.811. The van der Waals surface area contributed by atoms with Crippen LogP contribution in [0, 0.1) is 5.92 Å². The zero-order valence-corrected chi connectivity index (χ0v) is 11.1. The predicted molar refractivity (Wildman–Crippen MR) is 72.9 cm³/mol. The Labute approximate surface area is 108 Å². The number of aryl methyl sites for hydroxylation is 1. The Morgan fingerprint density at radius 3 is 3.12 bits per heavy atom. The lowest BCUT2D eigenvalue weighted by Gasteiger charge is -2.31. The van der Waals surface area contributed by atoms with E-state index in [1.807, 2.05) is 19.4 Å². The average molecular weight is 252 g/mol. The number of rotatable bonds is 4. The Bertz CT molecular complexity index is 388. The summed E-state index contributed by atoms with van der Waals surface area (Å²) in [6.07, 6.45) is 7.18. The normalized spacial score (nSPS) is 21.6. The Kier molecular flexibility index (Phi) is 4.12. The minimum Gasteiger partial charge on any atom is -0.393 e. The van der Waals surface area contributed by atoms with Crippen LogP contribution in [0.3, 0.4) is 0 Å². The first kappa shape index (κ1) is 12.5. The van der Waals surface area contributed by atoms with Crippen molar-refractivity contribution < 1.29 is 0 Å². The molecule has 0 saturated carbocycles. The third kappa shape index (κ3) is 3.26. The molecule has 1 atom stereocenters. The number of likely N-dealkylation sites (tertiary alicyclic amines) is 1. The zero-order valence-electron chi connectivity index (χ0n) is 10.3. The SMILES string of the molecule is Cn1ccnc1CCN1CCCC(C(N)=S)C1. The highest BCUT2D eigenvalue weighted by molar-refractivity contribution is 7.80. The average Bonchev–Trinajstić information content (AvgIpc) is 2.72. The third-order valence-corrected chi connectivity index (χ3v) is 3.81. The fraction of sp³-hybridized carbons (Fsp3) is 0.667. The predicted octanol–water partition coefficient (Wildman–Crippen LogP) is 0.961. The molecule has 1 fully saturated rings. The summed E-state index contributed by atoms with van der Waals surface area (Å²) in [6, 6.07) is 0. The molecule has 0 bridgehead atoms. The molecule has 1 saturated heterocycles. The highest BCUT2D eigenvalue weighted by atomic mass is 32.1. The van der Waals surface area contributed by atoms with Crippen LogP contribution < -0.4 is 5.73 Å². The van der Waals surface area contributed by atoms with Crippen LogP contribution in [0.25, 0.3) is 0 Å². The van der Waals surface area contributed by atoms with E-state index in [4.69, 9.17) is 18.0 Å². The maximum atomic E-state index is 5.73. The molecule has 0 amide bonds. The van der Waals surface area contributed by atoms with Crippen molar-refractivity contribution in [3.05, 3.63) is 18.2 Å². The molecule has 2 heterocycles. The Hall–Kier alpha value is -0.940. The molecule has 4 nitrogen and oxygen atoms in total. The van der Waals surface area contributed by atoms with Gasteiger partial charge >= 0.3 is 0 Å². The molecule has 1 unspecified atom stereocenters. The maximum absolute atomic E-state index is 5.73. The summed E-state index contributed by atoms with van der Waals surface area (Å²) in [5.74, 6) is 1.54. The number of aromatic nitrogens is 2. The first-order valence-electron chi connectivity index (χ1n) is 6.14. The van der Waals surface area contributed by atoms with Crippen LogP contribution in [-0.4, -0.2) is 39.1 Å². The van der Waals surface area contributed by atoms with E-state index < -0.39 is 0 Å². The monoisotopic (exact) mass is 252 g/mol. The minimum absolute atomic E-state index is 0.403. The molecule has 0 spiro atoms. The van der Waals surface area contributed by atoms with E-state index in [0.29, 0.717) is 10.9 Å². The second-order valence-corrected chi connectivity index (χ2v) is 5.22. The van der Waals surface area contributed by atoms with Crippen molar-refractivity contribution in [1.82, 2.24) is 14.5 Å². The van der Waals surface area contributed by atoms with Gasteiger partial charge in [-0.2, -0.15) is 0 Å². The van der Waals surface area contributed by atoms with Crippen molar-refractivity contribution >= 4 is 17.2 Å². The first-order chi connectivity index (χ1) is 8.16. The molecule has 2 rings (SSSR count). The first-order valence-corrected chi connectivity index (χ1v) is 6.55. The third-order valence-electron chi connectivity index (χ3n) is 3.48. The molecule has 0 aliphatic carbocycles.